The minimum Gasteiger partial charge on any atom is -0.305 e. The lowest BCUT2D eigenvalue weighted by Gasteiger charge is -2.16. The Hall–Kier alpha value is -2.42. The highest BCUT2D eigenvalue weighted by molar-refractivity contribution is 6.52. The molecular formula is C18H17NO2. The fourth-order valence-electron chi connectivity index (χ4n) is 2.71. The van der Waals surface area contributed by atoms with Crippen molar-refractivity contribution in [2.45, 2.75) is 19.3 Å². The van der Waals surface area contributed by atoms with Gasteiger partial charge < -0.3 is 4.90 Å². The van der Waals surface area contributed by atoms with E-state index in [1.165, 1.54) is 5.56 Å². The van der Waals surface area contributed by atoms with Gasteiger partial charge in [-0.3, -0.25) is 9.59 Å². The van der Waals surface area contributed by atoms with E-state index in [-0.39, 0.29) is 5.78 Å². The number of nitrogens with zero attached hydrogens (tertiary/aromatic N) is 1. The molecule has 0 saturated heterocycles. The molecule has 0 radical (unpaired) electrons. The van der Waals surface area contributed by atoms with Crippen molar-refractivity contribution >= 4 is 17.4 Å². The lowest BCUT2D eigenvalue weighted by Crippen LogP contribution is -2.30. The molecule has 1 amide bonds. The van der Waals surface area contributed by atoms with Gasteiger partial charge in [0, 0.05) is 6.54 Å². The minimum absolute atomic E-state index is 0.381. The Bertz CT molecular complexity index is 664. The van der Waals surface area contributed by atoms with E-state index < -0.39 is 5.91 Å². The monoisotopic (exact) mass is 279 g/mol. The van der Waals surface area contributed by atoms with Crippen LogP contribution in [0.3, 0.4) is 0 Å². The van der Waals surface area contributed by atoms with E-state index in [2.05, 4.69) is 12.1 Å². The van der Waals surface area contributed by atoms with E-state index in [0.717, 1.165) is 24.9 Å². The molecule has 2 aromatic carbocycles. The van der Waals surface area contributed by atoms with Gasteiger partial charge in [-0.2, -0.15) is 0 Å². The fraction of sp³-hybridized carbons (Fsp3) is 0.222. The van der Waals surface area contributed by atoms with Crippen LogP contribution in [0.5, 0.6) is 0 Å². The number of rotatable bonds is 5. The second kappa shape index (κ2) is 5.92. The summed E-state index contributed by atoms with van der Waals surface area (Å²) >= 11 is 0. The van der Waals surface area contributed by atoms with Crippen LogP contribution in [-0.4, -0.2) is 18.2 Å². The van der Waals surface area contributed by atoms with Crippen LogP contribution >= 0.6 is 0 Å². The number of carbonyl (C=O) groups is 2. The molecule has 1 aliphatic rings. The van der Waals surface area contributed by atoms with E-state index in [0.29, 0.717) is 12.1 Å². The Morgan fingerprint density at radius 2 is 1.52 bits per heavy atom. The number of fused-ring (bicyclic) bond motifs is 1. The maximum Gasteiger partial charge on any atom is 0.299 e. The van der Waals surface area contributed by atoms with E-state index in [1.54, 1.807) is 17.0 Å². The summed E-state index contributed by atoms with van der Waals surface area (Å²) in [6.45, 7) is 0.606. The first-order valence-electron chi connectivity index (χ1n) is 7.26. The maximum absolute atomic E-state index is 12.0. The second-order valence-electron chi connectivity index (χ2n) is 5.25. The van der Waals surface area contributed by atoms with Crippen molar-refractivity contribution in [2.24, 2.45) is 0 Å². The molecule has 0 atom stereocenters. The van der Waals surface area contributed by atoms with Crippen molar-refractivity contribution < 1.29 is 9.59 Å². The molecule has 2 aromatic rings. The molecular weight excluding hydrogens is 262 g/mol. The lowest BCUT2D eigenvalue weighted by atomic mass is 10.1. The molecule has 0 spiro atoms. The first kappa shape index (κ1) is 13.6. The third-order valence-corrected chi connectivity index (χ3v) is 3.82. The molecule has 0 aliphatic carbocycles. The molecule has 3 heteroatoms. The van der Waals surface area contributed by atoms with E-state index >= 15 is 0 Å². The molecule has 0 saturated carbocycles. The Balaban J connectivity index is 1.59. The summed E-state index contributed by atoms with van der Waals surface area (Å²) in [5.74, 6) is -0.774. The van der Waals surface area contributed by atoms with Crippen LogP contribution in [-0.2, 0) is 11.2 Å². The fourth-order valence-corrected chi connectivity index (χ4v) is 2.71. The van der Waals surface area contributed by atoms with Gasteiger partial charge in [0.05, 0.1) is 11.3 Å². The summed E-state index contributed by atoms with van der Waals surface area (Å²) in [5, 5.41) is 0. The van der Waals surface area contributed by atoms with E-state index in [9.17, 15) is 9.59 Å². The molecule has 0 unspecified atom stereocenters. The van der Waals surface area contributed by atoms with Crippen molar-refractivity contribution in [1.29, 1.82) is 0 Å². The third kappa shape index (κ3) is 2.72. The quantitative estimate of drug-likeness (QED) is 0.622. The average molecular weight is 279 g/mol. The largest absolute Gasteiger partial charge is 0.305 e. The van der Waals surface area contributed by atoms with Crippen LogP contribution in [0.1, 0.15) is 28.8 Å². The summed E-state index contributed by atoms with van der Waals surface area (Å²) in [6, 6.07) is 17.5. The number of hydrogen-bond donors (Lipinski definition) is 0. The predicted octanol–water partition coefficient (Wildman–Crippen LogP) is 3.24. The van der Waals surface area contributed by atoms with Crippen LogP contribution in [0.15, 0.2) is 54.6 Å². The third-order valence-electron chi connectivity index (χ3n) is 3.82. The number of aryl methyl sites for hydroxylation is 1. The summed E-state index contributed by atoms with van der Waals surface area (Å²) in [5.41, 5.74) is 2.60. The SMILES string of the molecule is O=C1C(=O)N(CCCCc2ccccc2)c2ccccc21. The number of ketones is 1. The van der Waals surface area contributed by atoms with Crippen LogP contribution in [0.4, 0.5) is 5.69 Å². The number of hydrogen-bond acceptors (Lipinski definition) is 2. The number of anilines is 1. The van der Waals surface area contributed by atoms with Crippen LogP contribution in [0, 0.1) is 0 Å². The predicted molar refractivity (Wildman–Crippen MR) is 82.5 cm³/mol. The number of carbonyl (C=O) groups excluding carboxylic acids is 2. The van der Waals surface area contributed by atoms with Gasteiger partial charge in [0.2, 0.25) is 0 Å². The summed E-state index contributed by atoms with van der Waals surface area (Å²) in [6.07, 6.45) is 2.89. The molecule has 1 heterocycles. The van der Waals surface area contributed by atoms with Gasteiger partial charge in [-0.15, -0.1) is 0 Å². The zero-order chi connectivity index (χ0) is 14.7. The Morgan fingerprint density at radius 1 is 0.810 bits per heavy atom. The van der Waals surface area contributed by atoms with Crippen molar-refractivity contribution in [1.82, 2.24) is 0 Å². The highest BCUT2D eigenvalue weighted by Crippen LogP contribution is 2.28. The van der Waals surface area contributed by atoms with Crippen LogP contribution < -0.4 is 4.90 Å². The molecule has 3 nitrogen and oxygen atoms in total. The zero-order valence-corrected chi connectivity index (χ0v) is 11.8. The first-order chi connectivity index (χ1) is 10.3. The maximum atomic E-state index is 12.0. The normalized spacial score (nSPS) is 13.6. The number of unbranched alkanes of at least 4 members (excludes halogenated alkanes) is 1. The number of benzene rings is 2. The van der Waals surface area contributed by atoms with Crippen molar-refractivity contribution in [3.63, 3.8) is 0 Å². The van der Waals surface area contributed by atoms with Crippen LogP contribution in [0.25, 0.3) is 0 Å². The van der Waals surface area contributed by atoms with Gasteiger partial charge in [-0.05, 0) is 37.0 Å². The Kier molecular flexibility index (Phi) is 3.82. The summed E-state index contributed by atoms with van der Waals surface area (Å²) in [7, 11) is 0. The van der Waals surface area contributed by atoms with Gasteiger partial charge in [-0.1, -0.05) is 42.5 Å². The number of amides is 1. The van der Waals surface area contributed by atoms with Crippen LogP contribution in [0.2, 0.25) is 0 Å². The van der Waals surface area contributed by atoms with Gasteiger partial charge >= 0.3 is 0 Å². The van der Waals surface area contributed by atoms with Crippen molar-refractivity contribution in [2.75, 3.05) is 11.4 Å². The van der Waals surface area contributed by atoms with Gasteiger partial charge in [0.15, 0.2) is 0 Å². The molecule has 106 valence electrons. The number of para-hydroxylation sites is 1. The van der Waals surface area contributed by atoms with Gasteiger partial charge in [0.1, 0.15) is 0 Å². The minimum atomic E-state index is -0.393. The molecule has 0 aromatic heterocycles. The summed E-state index contributed by atoms with van der Waals surface area (Å²) in [4.78, 5) is 25.5. The molecule has 0 N–H and O–H groups in total. The molecule has 0 bridgehead atoms. The second-order valence-corrected chi connectivity index (χ2v) is 5.25. The topological polar surface area (TPSA) is 37.4 Å². The van der Waals surface area contributed by atoms with E-state index in [4.69, 9.17) is 0 Å². The molecule has 21 heavy (non-hydrogen) atoms. The Morgan fingerprint density at radius 3 is 2.33 bits per heavy atom. The highest BCUT2D eigenvalue weighted by atomic mass is 16.2. The number of Topliss-reactive ketones (excluding diaryl/α,β-unsaturated/α-hetero) is 1. The van der Waals surface area contributed by atoms with E-state index in [1.807, 2.05) is 30.3 Å². The molecule has 1 aliphatic heterocycles. The average Bonchev–Trinajstić information content (AvgIpc) is 2.77. The Labute approximate surface area is 124 Å². The van der Waals surface area contributed by atoms with Crippen molar-refractivity contribution in [3.8, 4) is 0 Å². The smallest absolute Gasteiger partial charge is 0.299 e. The highest BCUT2D eigenvalue weighted by Gasteiger charge is 2.34. The molecule has 3 rings (SSSR count). The summed E-state index contributed by atoms with van der Waals surface area (Å²) < 4.78 is 0. The van der Waals surface area contributed by atoms with Gasteiger partial charge in [0.25, 0.3) is 11.7 Å². The van der Waals surface area contributed by atoms with Gasteiger partial charge in [-0.25, -0.2) is 0 Å². The zero-order valence-electron chi connectivity index (χ0n) is 11.8. The lowest BCUT2D eigenvalue weighted by molar-refractivity contribution is -0.114. The first-order valence-corrected chi connectivity index (χ1v) is 7.26. The van der Waals surface area contributed by atoms with Crippen molar-refractivity contribution in [3.05, 3.63) is 65.7 Å². The standard InChI is InChI=1S/C18H17NO2/c20-17-15-11-4-5-12-16(15)19(18(17)21)13-7-6-10-14-8-2-1-3-9-14/h1-5,8-9,11-12H,6-7,10,13H2. The molecule has 0 fully saturated rings.